The lowest BCUT2D eigenvalue weighted by molar-refractivity contribution is -0.121. The first kappa shape index (κ1) is 16.5. The number of amides is 1. The number of aryl methyl sites for hydroxylation is 1. The van der Waals surface area contributed by atoms with E-state index in [9.17, 15) is 10.1 Å². The van der Waals surface area contributed by atoms with Crippen LogP contribution in [-0.2, 0) is 4.79 Å². The van der Waals surface area contributed by atoms with Crippen LogP contribution in [0.15, 0.2) is 12.4 Å². The molecule has 1 heterocycles. The average Bonchev–Trinajstić information content (AvgIpc) is 3.13. The van der Waals surface area contributed by atoms with Crippen LogP contribution in [0.4, 0.5) is 0 Å². The molecule has 2 rings (SSSR count). The normalized spacial score (nSPS) is 19.4. The molecule has 120 valence electrons. The molecule has 1 aromatic rings. The van der Waals surface area contributed by atoms with Crippen LogP contribution in [0, 0.1) is 18.3 Å². The topological polar surface area (TPSA) is 82.7 Å². The molecular formula is C16H25N5O. The number of hydrogen-bond donors (Lipinski definition) is 2. The molecule has 0 radical (unpaired) electrons. The van der Waals surface area contributed by atoms with E-state index in [0.29, 0.717) is 0 Å². The van der Waals surface area contributed by atoms with Gasteiger partial charge in [-0.25, -0.2) is 0 Å². The van der Waals surface area contributed by atoms with Crippen LogP contribution in [-0.4, -0.2) is 33.8 Å². The van der Waals surface area contributed by atoms with Gasteiger partial charge in [-0.05, 0) is 52.0 Å². The smallest absolute Gasteiger partial charge is 0.235 e. The summed E-state index contributed by atoms with van der Waals surface area (Å²) in [5, 5.41) is 19.7. The van der Waals surface area contributed by atoms with Crippen molar-refractivity contribution in [3.05, 3.63) is 18.0 Å². The minimum Gasteiger partial charge on any atom is -0.337 e. The fraction of sp³-hybridized carbons (Fsp3) is 0.688. The van der Waals surface area contributed by atoms with Crippen molar-refractivity contribution in [3.63, 3.8) is 0 Å². The Kier molecular flexibility index (Phi) is 5.19. The van der Waals surface area contributed by atoms with Gasteiger partial charge in [0.1, 0.15) is 5.54 Å². The lowest BCUT2D eigenvalue weighted by atomic mass is 10.00. The van der Waals surface area contributed by atoms with Crippen molar-refractivity contribution in [2.45, 2.75) is 64.1 Å². The zero-order chi connectivity index (χ0) is 16.2. The third-order valence-electron chi connectivity index (χ3n) is 4.51. The van der Waals surface area contributed by atoms with Gasteiger partial charge in [0.25, 0.3) is 0 Å². The average molecular weight is 303 g/mol. The molecule has 2 N–H and O–H groups in total. The van der Waals surface area contributed by atoms with Crippen LogP contribution < -0.4 is 10.6 Å². The molecule has 1 amide bonds. The third-order valence-corrected chi connectivity index (χ3v) is 4.51. The molecule has 1 aliphatic rings. The second-order valence-corrected chi connectivity index (χ2v) is 6.36. The van der Waals surface area contributed by atoms with E-state index in [2.05, 4.69) is 28.7 Å². The largest absolute Gasteiger partial charge is 0.337 e. The summed E-state index contributed by atoms with van der Waals surface area (Å²) >= 11 is 0. The first-order valence-electron chi connectivity index (χ1n) is 7.92. The Hall–Kier alpha value is -1.87. The molecule has 6 heteroatoms. The molecule has 1 saturated carbocycles. The van der Waals surface area contributed by atoms with Crippen molar-refractivity contribution in [1.29, 1.82) is 5.26 Å². The number of carbonyl (C=O) groups excluding carboxylic acids is 1. The van der Waals surface area contributed by atoms with Crippen LogP contribution in [0.1, 0.15) is 51.1 Å². The molecule has 0 unspecified atom stereocenters. The van der Waals surface area contributed by atoms with Gasteiger partial charge in [-0.15, -0.1) is 0 Å². The number of rotatable bonds is 6. The summed E-state index contributed by atoms with van der Waals surface area (Å²) in [6.45, 7) is 6.32. The van der Waals surface area contributed by atoms with Crippen molar-refractivity contribution >= 4 is 5.91 Å². The quantitative estimate of drug-likeness (QED) is 0.837. The van der Waals surface area contributed by atoms with E-state index in [1.807, 2.05) is 30.9 Å². The molecule has 1 aromatic heterocycles. The maximum atomic E-state index is 12.1. The first-order chi connectivity index (χ1) is 10.5. The second-order valence-electron chi connectivity index (χ2n) is 6.36. The van der Waals surface area contributed by atoms with Gasteiger partial charge >= 0.3 is 0 Å². The third kappa shape index (κ3) is 3.86. The molecule has 1 fully saturated rings. The SMILES string of the molecule is Cc1cnn([C@@H](C)[C@H](C)NCC(=O)NC2(C#N)CCCC2)c1. The van der Waals surface area contributed by atoms with Gasteiger partial charge in [-0.2, -0.15) is 10.4 Å². The highest BCUT2D eigenvalue weighted by Gasteiger charge is 2.35. The van der Waals surface area contributed by atoms with Crippen molar-refractivity contribution in [2.24, 2.45) is 0 Å². The Morgan fingerprint density at radius 2 is 2.18 bits per heavy atom. The van der Waals surface area contributed by atoms with Gasteiger partial charge in [0.15, 0.2) is 0 Å². The summed E-state index contributed by atoms with van der Waals surface area (Å²) in [6.07, 6.45) is 7.35. The molecule has 22 heavy (non-hydrogen) atoms. The molecule has 0 saturated heterocycles. The van der Waals surface area contributed by atoms with E-state index in [4.69, 9.17) is 0 Å². The van der Waals surface area contributed by atoms with E-state index in [1.165, 1.54) is 0 Å². The molecule has 2 atom stereocenters. The lowest BCUT2D eigenvalue weighted by Crippen LogP contribution is -2.49. The van der Waals surface area contributed by atoms with Gasteiger partial charge in [-0.1, -0.05) is 0 Å². The maximum absolute atomic E-state index is 12.1. The minimum absolute atomic E-state index is 0.103. The highest BCUT2D eigenvalue weighted by atomic mass is 16.2. The van der Waals surface area contributed by atoms with Crippen LogP contribution in [0.2, 0.25) is 0 Å². The van der Waals surface area contributed by atoms with Gasteiger partial charge in [-0.3, -0.25) is 9.48 Å². The van der Waals surface area contributed by atoms with Gasteiger partial charge in [0, 0.05) is 12.2 Å². The summed E-state index contributed by atoms with van der Waals surface area (Å²) in [7, 11) is 0. The number of carbonyl (C=O) groups is 1. The van der Waals surface area contributed by atoms with Gasteiger partial charge in [0.05, 0.1) is 24.9 Å². The maximum Gasteiger partial charge on any atom is 0.235 e. The summed E-state index contributed by atoms with van der Waals surface area (Å²) in [6, 6.07) is 2.53. The Labute approximate surface area is 131 Å². The zero-order valence-corrected chi connectivity index (χ0v) is 13.6. The highest BCUT2D eigenvalue weighted by molar-refractivity contribution is 5.79. The van der Waals surface area contributed by atoms with Gasteiger partial charge < -0.3 is 10.6 Å². The predicted octanol–water partition coefficient (Wildman–Crippen LogP) is 1.68. The van der Waals surface area contributed by atoms with Crippen LogP contribution in [0.5, 0.6) is 0 Å². The fourth-order valence-electron chi connectivity index (χ4n) is 2.86. The van der Waals surface area contributed by atoms with Crippen LogP contribution >= 0.6 is 0 Å². The second kappa shape index (κ2) is 6.93. The van der Waals surface area contributed by atoms with E-state index in [-0.39, 0.29) is 24.5 Å². The van der Waals surface area contributed by atoms with E-state index in [1.54, 1.807) is 0 Å². The van der Waals surface area contributed by atoms with Crippen molar-refractivity contribution < 1.29 is 4.79 Å². The number of aromatic nitrogens is 2. The van der Waals surface area contributed by atoms with Crippen molar-refractivity contribution in [2.75, 3.05) is 6.54 Å². The molecular weight excluding hydrogens is 278 g/mol. The van der Waals surface area contributed by atoms with Crippen LogP contribution in [0.25, 0.3) is 0 Å². The van der Waals surface area contributed by atoms with Crippen molar-refractivity contribution in [1.82, 2.24) is 20.4 Å². The van der Waals surface area contributed by atoms with E-state index in [0.717, 1.165) is 31.2 Å². The van der Waals surface area contributed by atoms with Gasteiger partial charge in [0.2, 0.25) is 5.91 Å². The van der Waals surface area contributed by atoms with E-state index >= 15 is 0 Å². The summed E-state index contributed by atoms with van der Waals surface area (Å²) in [5.41, 5.74) is 0.473. The number of hydrogen-bond acceptors (Lipinski definition) is 4. The molecule has 0 spiro atoms. The predicted molar refractivity (Wildman–Crippen MR) is 84.1 cm³/mol. The first-order valence-corrected chi connectivity index (χ1v) is 7.92. The van der Waals surface area contributed by atoms with Crippen molar-refractivity contribution in [3.8, 4) is 6.07 Å². The molecule has 6 nitrogen and oxygen atoms in total. The number of nitriles is 1. The number of nitrogens with one attached hydrogen (secondary N) is 2. The standard InChI is InChI=1S/C16H25N5O/c1-12-8-19-21(10-12)14(3)13(2)18-9-15(22)20-16(11-17)6-4-5-7-16/h8,10,13-14,18H,4-7,9H2,1-3H3,(H,20,22)/t13-,14-/m0/s1. The minimum atomic E-state index is -0.646. The Balaban J connectivity index is 1.82. The lowest BCUT2D eigenvalue weighted by Gasteiger charge is -2.24. The van der Waals surface area contributed by atoms with E-state index < -0.39 is 5.54 Å². The summed E-state index contributed by atoms with van der Waals surface area (Å²) in [4.78, 5) is 12.1. The molecule has 0 aliphatic heterocycles. The summed E-state index contributed by atoms with van der Waals surface area (Å²) in [5.74, 6) is -0.112. The molecule has 0 aromatic carbocycles. The Morgan fingerprint density at radius 3 is 2.73 bits per heavy atom. The van der Waals surface area contributed by atoms with Crippen LogP contribution in [0.3, 0.4) is 0 Å². The summed E-state index contributed by atoms with van der Waals surface area (Å²) < 4.78 is 1.90. The molecule has 0 bridgehead atoms. The Morgan fingerprint density at radius 1 is 1.50 bits per heavy atom. The monoisotopic (exact) mass is 303 g/mol. The highest BCUT2D eigenvalue weighted by Crippen LogP contribution is 2.28. The number of nitrogens with zero attached hydrogens (tertiary/aromatic N) is 3. The molecule has 1 aliphatic carbocycles. The zero-order valence-electron chi connectivity index (χ0n) is 13.6. The Bertz CT molecular complexity index is 553. The fourth-order valence-corrected chi connectivity index (χ4v) is 2.86.